The van der Waals surface area contributed by atoms with Crippen molar-refractivity contribution in [3.8, 4) is 0 Å². The fraction of sp³-hybridized carbons (Fsp3) is 0.643. The summed E-state index contributed by atoms with van der Waals surface area (Å²) in [4.78, 5) is 14.2. The highest BCUT2D eigenvalue weighted by Gasteiger charge is 2.18. The zero-order chi connectivity index (χ0) is 13.0. The molecular formula is C14H21NO2S. The first kappa shape index (κ1) is 13.6. The van der Waals surface area contributed by atoms with Crippen LogP contribution < -0.4 is 5.32 Å². The zero-order valence-electron chi connectivity index (χ0n) is 10.9. The molecule has 0 saturated carbocycles. The van der Waals surface area contributed by atoms with Crippen LogP contribution in [0.5, 0.6) is 0 Å². The minimum atomic E-state index is 0.0612. The maximum atomic E-state index is 11.9. The third kappa shape index (κ3) is 3.33. The summed E-state index contributed by atoms with van der Waals surface area (Å²) in [5.41, 5.74) is 1.37. The Bertz CT molecular complexity index is 392. The largest absolute Gasteiger partial charge is 0.396 e. The first-order chi connectivity index (χ1) is 8.70. The molecule has 100 valence electrons. The highest BCUT2D eigenvalue weighted by Crippen LogP contribution is 2.30. The third-order valence-electron chi connectivity index (χ3n) is 3.44. The standard InChI is InChI=1S/C14H21NO2S/c1-10(9-16)4-3-7-15-14(17)13-8-11-5-2-6-12(11)18-13/h8,10,16H,2-7,9H2,1H3,(H,15,17). The van der Waals surface area contributed by atoms with Gasteiger partial charge in [-0.15, -0.1) is 11.3 Å². The molecule has 1 aliphatic carbocycles. The number of nitrogens with one attached hydrogen (secondary N) is 1. The number of carbonyl (C=O) groups excluding carboxylic acids is 1. The van der Waals surface area contributed by atoms with E-state index in [1.54, 1.807) is 11.3 Å². The molecule has 0 spiro atoms. The molecule has 2 rings (SSSR count). The molecule has 18 heavy (non-hydrogen) atoms. The predicted octanol–water partition coefficient (Wildman–Crippen LogP) is 2.38. The Kier molecular flexibility index (Phi) is 4.78. The molecule has 1 aliphatic rings. The van der Waals surface area contributed by atoms with E-state index in [1.165, 1.54) is 16.9 Å². The summed E-state index contributed by atoms with van der Waals surface area (Å²) in [5.74, 6) is 0.387. The van der Waals surface area contributed by atoms with Crippen molar-refractivity contribution in [3.05, 3.63) is 21.4 Å². The van der Waals surface area contributed by atoms with Crippen LogP contribution in [-0.2, 0) is 12.8 Å². The second-order valence-electron chi connectivity index (χ2n) is 5.10. The first-order valence-corrected chi connectivity index (χ1v) is 7.53. The number of carbonyl (C=O) groups is 1. The molecule has 1 amide bonds. The van der Waals surface area contributed by atoms with E-state index in [0.717, 1.165) is 30.6 Å². The molecule has 1 unspecified atom stereocenters. The van der Waals surface area contributed by atoms with Crippen LogP contribution in [0.2, 0.25) is 0 Å². The molecule has 2 N–H and O–H groups in total. The molecule has 1 aromatic heterocycles. The molecule has 0 aliphatic heterocycles. The molecular weight excluding hydrogens is 246 g/mol. The Labute approximate surface area is 112 Å². The van der Waals surface area contributed by atoms with E-state index in [0.29, 0.717) is 12.5 Å². The highest BCUT2D eigenvalue weighted by atomic mass is 32.1. The zero-order valence-corrected chi connectivity index (χ0v) is 11.7. The van der Waals surface area contributed by atoms with Gasteiger partial charge in [0.25, 0.3) is 5.91 Å². The van der Waals surface area contributed by atoms with Crippen molar-refractivity contribution in [3.63, 3.8) is 0 Å². The van der Waals surface area contributed by atoms with Gasteiger partial charge in [-0.05, 0) is 49.7 Å². The first-order valence-electron chi connectivity index (χ1n) is 6.71. The number of amides is 1. The van der Waals surface area contributed by atoms with Crippen LogP contribution in [0.25, 0.3) is 0 Å². The van der Waals surface area contributed by atoms with Crippen molar-refractivity contribution in [1.82, 2.24) is 5.32 Å². The summed E-state index contributed by atoms with van der Waals surface area (Å²) < 4.78 is 0. The van der Waals surface area contributed by atoms with Crippen LogP contribution in [-0.4, -0.2) is 24.2 Å². The molecule has 4 heteroatoms. The summed E-state index contributed by atoms with van der Waals surface area (Å²) >= 11 is 1.65. The number of aryl methyl sites for hydroxylation is 2. The van der Waals surface area contributed by atoms with Crippen LogP contribution in [0, 0.1) is 5.92 Å². The molecule has 1 heterocycles. The molecule has 0 radical (unpaired) electrons. The van der Waals surface area contributed by atoms with Crippen molar-refractivity contribution in [2.45, 2.75) is 39.0 Å². The van der Waals surface area contributed by atoms with Gasteiger partial charge in [-0.3, -0.25) is 4.79 Å². The summed E-state index contributed by atoms with van der Waals surface area (Å²) in [7, 11) is 0. The van der Waals surface area contributed by atoms with Crippen LogP contribution in [0.15, 0.2) is 6.07 Å². The lowest BCUT2D eigenvalue weighted by Gasteiger charge is -2.07. The number of hydrogen-bond acceptors (Lipinski definition) is 3. The second-order valence-corrected chi connectivity index (χ2v) is 6.24. The van der Waals surface area contributed by atoms with Crippen molar-refractivity contribution in [1.29, 1.82) is 0 Å². The van der Waals surface area contributed by atoms with Crippen molar-refractivity contribution >= 4 is 17.2 Å². The maximum absolute atomic E-state index is 11.9. The number of thiophene rings is 1. The van der Waals surface area contributed by atoms with Gasteiger partial charge in [-0.2, -0.15) is 0 Å². The van der Waals surface area contributed by atoms with E-state index in [9.17, 15) is 4.79 Å². The van der Waals surface area contributed by atoms with E-state index < -0.39 is 0 Å². The summed E-state index contributed by atoms with van der Waals surface area (Å²) in [6.45, 7) is 2.95. The predicted molar refractivity (Wildman–Crippen MR) is 74.2 cm³/mol. The molecule has 3 nitrogen and oxygen atoms in total. The Morgan fingerprint density at radius 1 is 1.56 bits per heavy atom. The minimum Gasteiger partial charge on any atom is -0.396 e. The Hall–Kier alpha value is -0.870. The maximum Gasteiger partial charge on any atom is 0.261 e. The number of fused-ring (bicyclic) bond motifs is 1. The van der Waals surface area contributed by atoms with Gasteiger partial charge in [0.15, 0.2) is 0 Å². The fourth-order valence-electron chi connectivity index (χ4n) is 2.27. The van der Waals surface area contributed by atoms with Crippen molar-refractivity contribution < 1.29 is 9.90 Å². The lowest BCUT2D eigenvalue weighted by Crippen LogP contribution is -2.24. The SMILES string of the molecule is CC(CO)CCCNC(=O)c1cc2c(s1)CCC2. The van der Waals surface area contributed by atoms with E-state index in [2.05, 4.69) is 11.4 Å². The van der Waals surface area contributed by atoms with E-state index in [-0.39, 0.29) is 12.5 Å². The number of rotatable bonds is 6. The molecule has 0 fully saturated rings. The van der Waals surface area contributed by atoms with Crippen molar-refractivity contribution in [2.24, 2.45) is 5.92 Å². The second kappa shape index (κ2) is 6.34. The van der Waals surface area contributed by atoms with Crippen LogP contribution in [0.1, 0.15) is 46.3 Å². The van der Waals surface area contributed by atoms with E-state index in [4.69, 9.17) is 5.11 Å². The molecule has 1 aromatic rings. The Morgan fingerprint density at radius 2 is 2.39 bits per heavy atom. The smallest absolute Gasteiger partial charge is 0.261 e. The molecule has 0 aromatic carbocycles. The van der Waals surface area contributed by atoms with Gasteiger partial charge in [-0.1, -0.05) is 6.92 Å². The van der Waals surface area contributed by atoms with Crippen LogP contribution in [0.4, 0.5) is 0 Å². The van der Waals surface area contributed by atoms with Gasteiger partial charge in [-0.25, -0.2) is 0 Å². The van der Waals surface area contributed by atoms with E-state index in [1.807, 2.05) is 6.92 Å². The molecule has 0 bridgehead atoms. The highest BCUT2D eigenvalue weighted by molar-refractivity contribution is 7.14. The van der Waals surface area contributed by atoms with Gasteiger partial charge in [0, 0.05) is 18.0 Å². The van der Waals surface area contributed by atoms with Gasteiger partial charge in [0.1, 0.15) is 0 Å². The minimum absolute atomic E-state index is 0.0612. The average molecular weight is 267 g/mol. The van der Waals surface area contributed by atoms with E-state index >= 15 is 0 Å². The lowest BCUT2D eigenvalue weighted by molar-refractivity contribution is 0.0956. The Balaban J connectivity index is 1.74. The van der Waals surface area contributed by atoms with Crippen LogP contribution >= 0.6 is 11.3 Å². The summed E-state index contributed by atoms with van der Waals surface area (Å²) in [5, 5.41) is 11.9. The number of hydrogen-bond donors (Lipinski definition) is 2. The molecule has 0 saturated heterocycles. The topological polar surface area (TPSA) is 49.3 Å². The summed E-state index contributed by atoms with van der Waals surface area (Å²) in [6, 6.07) is 2.05. The van der Waals surface area contributed by atoms with Gasteiger partial charge >= 0.3 is 0 Å². The van der Waals surface area contributed by atoms with Crippen molar-refractivity contribution in [2.75, 3.05) is 13.2 Å². The summed E-state index contributed by atoms with van der Waals surface area (Å²) in [6.07, 6.45) is 5.40. The lowest BCUT2D eigenvalue weighted by atomic mass is 10.1. The quantitative estimate of drug-likeness (QED) is 0.777. The van der Waals surface area contributed by atoms with Crippen LogP contribution in [0.3, 0.4) is 0 Å². The Morgan fingerprint density at radius 3 is 3.11 bits per heavy atom. The average Bonchev–Trinajstić information content (AvgIpc) is 2.94. The monoisotopic (exact) mass is 267 g/mol. The normalized spacial score (nSPS) is 15.4. The van der Waals surface area contributed by atoms with Gasteiger partial charge in [0.2, 0.25) is 0 Å². The third-order valence-corrected chi connectivity index (χ3v) is 4.68. The fourth-order valence-corrected chi connectivity index (χ4v) is 3.44. The number of aliphatic hydroxyl groups is 1. The number of aliphatic hydroxyl groups excluding tert-OH is 1. The van der Waals surface area contributed by atoms with Gasteiger partial charge in [0.05, 0.1) is 4.88 Å². The molecule has 1 atom stereocenters. The van der Waals surface area contributed by atoms with Gasteiger partial charge < -0.3 is 10.4 Å².